The summed E-state index contributed by atoms with van der Waals surface area (Å²) in [6.07, 6.45) is 0. The first-order valence-corrected chi connectivity index (χ1v) is 10.6. The maximum Gasteiger partial charge on any atom is 0.239 e. The molecule has 1 saturated heterocycles. The largest absolute Gasteiger partial charge is 0.379 e. The number of thiophene rings is 2. The van der Waals surface area contributed by atoms with E-state index in [1.165, 1.54) is 4.88 Å². The van der Waals surface area contributed by atoms with Gasteiger partial charge in [0, 0.05) is 36.0 Å². The SMILES string of the molecule is CNC(=O)CNc1nc(CN2CCOCC2)nc2scc(-c3cccs3)c12. The Bertz CT molecular complexity index is 919. The quantitative estimate of drug-likeness (QED) is 0.658. The summed E-state index contributed by atoms with van der Waals surface area (Å²) in [7, 11) is 1.63. The molecule has 1 fully saturated rings. The highest BCUT2D eigenvalue weighted by atomic mass is 32.1. The third kappa shape index (κ3) is 4.11. The zero-order chi connectivity index (χ0) is 18.6. The molecule has 0 unspecified atom stereocenters. The molecule has 4 heterocycles. The van der Waals surface area contributed by atoms with Crippen LogP contribution in [-0.4, -0.2) is 60.7 Å². The fourth-order valence-corrected chi connectivity index (χ4v) is 4.79. The number of nitrogens with one attached hydrogen (secondary N) is 2. The fourth-order valence-electron chi connectivity index (χ4n) is 3.01. The number of anilines is 1. The van der Waals surface area contributed by atoms with E-state index in [1.807, 2.05) is 6.07 Å². The zero-order valence-corrected chi connectivity index (χ0v) is 16.7. The Morgan fingerprint density at radius 1 is 1.30 bits per heavy atom. The van der Waals surface area contributed by atoms with Gasteiger partial charge in [0.1, 0.15) is 16.5 Å². The van der Waals surface area contributed by atoms with Crippen molar-refractivity contribution in [3.05, 3.63) is 28.7 Å². The molecule has 1 aliphatic heterocycles. The molecule has 0 bridgehead atoms. The second-order valence-electron chi connectivity index (χ2n) is 6.21. The van der Waals surface area contributed by atoms with Crippen LogP contribution in [0.3, 0.4) is 0 Å². The number of fused-ring (bicyclic) bond motifs is 1. The molecule has 4 rings (SSSR count). The molecule has 0 aromatic carbocycles. The van der Waals surface area contributed by atoms with Crippen molar-refractivity contribution in [2.75, 3.05) is 45.2 Å². The summed E-state index contributed by atoms with van der Waals surface area (Å²) < 4.78 is 5.42. The average Bonchev–Trinajstić information content (AvgIpc) is 3.36. The molecule has 1 aliphatic rings. The van der Waals surface area contributed by atoms with Crippen LogP contribution in [0.25, 0.3) is 20.7 Å². The molecule has 1 amide bonds. The number of likely N-dealkylation sites (N-methyl/N-ethyl adjacent to an activating group) is 1. The van der Waals surface area contributed by atoms with Crippen LogP contribution >= 0.6 is 22.7 Å². The van der Waals surface area contributed by atoms with E-state index in [0.29, 0.717) is 6.54 Å². The van der Waals surface area contributed by atoms with Gasteiger partial charge in [0.2, 0.25) is 5.91 Å². The van der Waals surface area contributed by atoms with E-state index in [-0.39, 0.29) is 12.5 Å². The summed E-state index contributed by atoms with van der Waals surface area (Å²) in [5.74, 6) is 1.41. The van der Waals surface area contributed by atoms with Crippen molar-refractivity contribution in [3.8, 4) is 10.4 Å². The smallest absolute Gasteiger partial charge is 0.239 e. The molecule has 0 spiro atoms. The van der Waals surface area contributed by atoms with Crippen molar-refractivity contribution in [1.82, 2.24) is 20.2 Å². The maximum absolute atomic E-state index is 11.7. The summed E-state index contributed by atoms with van der Waals surface area (Å²) in [6, 6.07) is 4.13. The molecule has 142 valence electrons. The first-order valence-electron chi connectivity index (χ1n) is 8.81. The highest BCUT2D eigenvalue weighted by molar-refractivity contribution is 7.18. The van der Waals surface area contributed by atoms with Crippen LogP contribution in [0.15, 0.2) is 22.9 Å². The van der Waals surface area contributed by atoms with Gasteiger partial charge in [0.05, 0.1) is 31.7 Å². The number of morpholine rings is 1. The van der Waals surface area contributed by atoms with Gasteiger partial charge in [-0.2, -0.15) is 0 Å². The topological polar surface area (TPSA) is 79.4 Å². The van der Waals surface area contributed by atoms with E-state index in [0.717, 1.165) is 53.7 Å². The van der Waals surface area contributed by atoms with Crippen LogP contribution in [0.4, 0.5) is 5.82 Å². The van der Waals surface area contributed by atoms with E-state index < -0.39 is 0 Å². The van der Waals surface area contributed by atoms with Crippen molar-refractivity contribution in [1.29, 1.82) is 0 Å². The normalized spacial score (nSPS) is 15.1. The van der Waals surface area contributed by atoms with Crippen molar-refractivity contribution < 1.29 is 9.53 Å². The molecule has 0 atom stereocenters. The van der Waals surface area contributed by atoms with Crippen LogP contribution in [0.2, 0.25) is 0 Å². The van der Waals surface area contributed by atoms with Crippen LogP contribution in [0.5, 0.6) is 0 Å². The first-order chi connectivity index (χ1) is 13.2. The van der Waals surface area contributed by atoms with Crippen molar-refractivity contribution in [2.24, 2.45) is 0 Å². The Labute approximate surface area is 165 Å². The van der Waals surface area contributed by atoms with E-state index in [2.05, 4.69) is 32.4 Å². The minimum atomic E-state index is -0.0793. The molecule has 0 saturated carbocycles. The number of nitrogens with zero attached hydrogens (tertiary/aromatic N) is 3. The Morgan fingerprint density at radius 2 is 2.15 bits per heavy atom. The summed E-state index contributed by atoms with van der Waals surface area (Å²) >= 11 is 3.30. The molecule has 3 aromatic rings. The zero-order valence-electron chi connectivity index (χ0n) is 15.0. The molecule has 27 heavy (non-hydrogen) atoms. The Balaban J connectivity index is 1.70. The highest BCUT2D eigenvalue weighted by Crippen LogP contribution is 2.38. The molecule has 9 heteroatoms. The predicted octanol–water partition coefficient (Wildman–Crippen LogP) is 2.41. The minimum absolute atomic E-state index is 0.0793. The summed E-state index contributed by atoms with van der Waals surface area (Å²) in [5.41, 5.74) is 1.11. The summed E-state index contributed by atoms with van der Waals surface area (Å²) in [6.45, 7) is 4.11. The van der Waals surface area contributed by atoms with Gasteiger partial charge in [0.25, 0.3) is 0 Å². The van der Waals surface area contributed by atoms with E-state index >= 15 is 0 Å². The number of rotatable bonds is 6. The van der Waals surface area contributed by atoms with Gasteiger partial charge in [0.15, 0.2) is 0 Å². The van der Waals surface area contributed by atoms with Gasteiger partial charge in [-0.25, -0.2) is 9.97 Å². The van der Waals surface area contributed by atoms with Crippen LogP contribution in [-0.2, 0) is 16.1 Å². The Kier molecular flexibility index (Phi) is 5.63. The monoisotopic (exact) mass is 403 g/mol. The van der Waals surface area contributed by atoms with Crippen LogP contribution in [0, 0.1) is 0 Å². The number of carbonyl (C=O) groups is 1. The lowest BCUT2D eigenvalue weighted by Crippen LogP contribution is -2.36. The standard InChI is InChI=1S/C18H21N5O2S2/c1-19-15(24)9-20-17-16-12(13-3-2-8-26-13)11-27-18(16)22-14(21-17)10-23-4-6-25-7-5-23/h2-3,8,11H,4-7,9-10H2,1H3,(H,19,24)(H,20,21,22). The van der Waals surface area contributed by atoms with Crippen LogP contribution in [0.1, 0.15) is 5.82 Å². The molecule has 2 N–H and O–H groups in total. The Hall–Kier alpha value is -2.07. The van der Waals surface area contributed by atoms with Crippen molar-refractivity contribution in [2.45, 2.75) is 6.54 Å². The number of ether oxygens (including phenoxy) is 1. The van der Waals surface area contributed by atoms with E-state index in [9.17, 15) is 4.79 Å². The van der Waals surface area contributed by atoms with Crippen molar-refractivity contribution in [3.63, 3.8) is 0 Å². The van der Waals surface area contributed by atoms with Gasteiger partial charge in [-0.15, -0.1) is 22.7 Å². The van der Waals surface area contributed by atoms with Crippen molar-refractivity contribution >= 4 is 44.6 Å². The minimum Gasteiger partial charge on any atom is -0.379 e. The lowest BCUT2D eigenvalue weighted by molar-refractivity contribution is -0.118. The highest BCUT2D eigenvalue weighted by Gasteiger charge is 2.18. The second kappa shape index (κ2) is 8.30. The summed E-state index contributed by atoms with van der Waals surface area (Å²) in [4.78, 5) is 25.7. The molecule has 0 aliphatic carbocycles. The average molecular weight is 404 g/mol. The lowest BCUT2D eigenvalue weighted by Gasteiger charge is -2.25. The Morgan fingerprint density at radius 3 is 2.89 bits per heavy atom. The van der Waals surface area contributed by atoms with Gasteiger partial charge in [-0.05, 0) is 11.4 Å². The molecule has 7 nitrogen and oxygen atoms in total. The maximum atomic E-state index is 11.7. The number of hydrogen-bond acceptors (Lipinski definition) is 8. The van der Waals surface area contributed by atoms with Gasteiger partial charge in [-0.3, -0.25) is 9.69 Å². The molecular formula is C18H21N5O2S2. The molecular weight excluding hydrogens is 382 g/mol. The number of aromatic nitrogens is 2. The van der Waals surface area contributed by atoms with Gasteiger partial charge < -0.3 is 15.4 Å². The number of amides is 1. The van der Waals surface area contributed by atoms with Crippen LogP contribution < -0.4 is 10.6 Å². The van der Waals surface area contributed by atoms with Gasteiger partial charge >= 0.3 is 0 Å². The number of hydrogen-bond donors (Lipinski definition) is 2. The fraction of sp³-hybridized carbons (Fsp3) is 0.389. The second-order valence-corrected chi connectivity index (χ2v) is 8.02. The van der Waals surface area contributed by atoms with E-state index in [4.69, 9.17) is 14.7 Å². The summed E-state index contributed by atoms with van der Waals surface area (Å²) in [5, 5.41) is 11.0. The predicted molar refractivity (Wildman–Crippen MR) is 109 cm³/mol. The van der Waals surface area contributed by atoms with E-state index in [1.54, 1.807) is 29.7 Å². The molecule has 3 aromatic heterocycles. The number of carbonyl (C=O) groups excluding carboxylic acids is 1. The van der Waals surface area contributed by atoms with Gasteiger partial charge in [-0.1, -0.05) is 6.07 Å². The third-order valence-corrected chi connectivity index (χ3v) is 6.21. The first kappa shape index (κ1) is 18.3. The lowest BCUT2D eigenvalue weighted by atomic mass is 10.2. The third-order valence-electron chi connectivity index (χ3n) is 4.43. The molecule has 0 radical (unpaired) electrons.